The van der Waals surface area contributed by atoms with E-state index in [4.69, 9.17) is 4.74 Å². The molecule has 0 radical (unpaired) electrons. The number of carbonyl (C=O) groups is 2. The summed E-state index contributed by atoms with van der Waals surface area (Å²) in [5.74, 6) is 0.794. The highest BCUT2D eigenvalue weighted by atomic mass is 32.2. The summed E-state index contributed by atoms with van der Waals surface area (Å²) in [5, 5.41) is 3.22. The topological polar surface area (TPSA) is 55.4 Å². The largest absolute Gasteiger partial charge is 0.497 e. The molecule has 0 bridgehead atoms. The van der Waals surface area contributed by atoms with E-state index in [0.717, 1.165) is 0 Å². The third-order valence-corrected chi connectivity index (χ3v) is 3.18. The number of hydrogen-bond donors (Lipinski definition) is 1. The number of amides is 1. The van der Waals surface area contributed by atoms with E-state index in [2.05, 4.69) is 5.32 Å². The van der Waals surface area contributed by atoms with Gasteiger partial charge in [0, 0.05) is 11.6 Å². The molecule has 1 aromatic carbocycles. The lowest BCUT2D eigenvalue weighted by Crippen LogP contribution is -2.14. The number of hydrogen-bond acceptors (Lipinski definition) is 4. The fraction of sp³-hybridized carbons (Fsp3) is 0.167. The molecule has 0 aliphatic carbocycles. The number of carbonyl (C=O) groups excluding carboxylic acids is 2. The molecular formula is C12H11NO3S. The molecule has 1 aliphatic rings. The van der Waals surface area contributed by atoms with Gasteiger partial charge in [0.2, 0.25) is 5.91 Å². The summed E-state index contributed by atoms with van der Waals surface area (Å²) in [6.07, 6.45) is 1.43. The van der Waals surface area contributed by atoms with Crippen molar-refractivity contribution >= 4 is 23.5 Å². The summed E-state index contributed by atoms with van der Waals surface area (Å²) in [4.78, 5) is 22.8. The Morgan fingerprint density at radius 2 is 2.35 bits per heavy atom. The SMILES string of the molecule is COc1cccc(C(=O)/C=C2/NC(=O)CS2)c1. The minimum absolute atomic E-state index is 0.0697. The van der Waals surface area contributed by atoms with Crippen LogP contribution in [0.3, 0.4) is 0 Å². The molecule has 0 saturated carbocycles. The molecule has 1 aliphatic heterocycles. The number of ketones is 1. The average Bonchev–Trinajstić information content (AvgIpc) is 2.75. The fourth-order valence-electron chi connectivity index (χ4n) is 1.41. The van der Waals surface area contributed by atoms with Crippen molar-refractivity contribution in [2.75, 3.05) is 12.9 Å². The van der Waals surface area contributed by atoms with Gasteiger partial charge in [-0.3, -0.25) is 9.59 Å². The van der Waals surface area contributed by atoms with Gasteiger partial charge in [-0.25, -0.2) is 0 Å². The van der Waals surface area contributed by atoms with Crippen LogP contribution in [0.5, 0.6) is 5.75 Å². The van der Waals surface area contributed by atoms with Gasteiger partial charge >= 0.3 is 0 Å². The Morgan fingerprint density at radius 1 is 1.53 bits per heavy atom. The number of thioether (sulfide) groups is 1. The van der Waals surface area contributed by atoms with Crippen LogP contribution in [-0.4, -0.2) is 24.6 Å². The van der Waals surface area contributed by atoms with Gasteiger partial charge in [0.15, 0.2) is 5.78 Å². The molecule has 0 atom stereocenters. The minimum Gasteiger partial charge on any atom is -0.497 e. The maximum atomic E-state index is 11.9. The highest BCUT2D eigenvalue weighted by molar-refractivity contribution is 8.04. The Balaban J connectivity index is 2.17. The second-order valence-electron chi connectivity index (χ2n) is 3.44. The molecule has 0 aromatic heterocycles. The van der Waals surface area contributed by atoms with Gasteiger partial charge in [0.25, 0.3) is 0 Å². The predicted molar refractivity (Wildman–Crippen MR) is 66.0 cm³/mol. The summed E-state index contributed by atoms with van der Waals surface area (Å²) >= 11 is 1.33. The molecule has 0 unspecified atom stereocenters. The van der Waals surface area contributed by atoms with Crippen molar-refractivity contribution in [1.82, 2.24) is 5.32 Å². The molecule has 1 heterocycles. The molecule has 1 aromatic rings. The molecule has 1 N–H and O–H groups in total. The first-order valence-corrected chi connectivity index (χ1v) is 6.00. The van der Waals surface area contributed by atoms with Crippen molar-refractivity contribution in [1.29, 1.82) is 0 Å². The zero-order valence-corrected chi connectivity index (χ0v) is 10.0. The molecule has 5 heteroatoms. The molecule has 2 rings (SSSR count). The molecular weight excluding hydrogens is 238 g/mol. The first-order chi connectivity index (χ1) is 8.19. The van der Waals surface area contributed by atoms with E-state index < -0.39 is 0 Å². The van der Waals surface area contributed by atoms with E-state index in [9.17, 15) is 9.59 Å². The van der Waals surface area contributed by atoms with Gasteiger partial charge in [-0.15, -0.1) is 0 Å². The summed E-state index contributed by atoms with van der Waals surface area (Å²) in [6, 6.07) is 6.91. The number of benzene rings is 1. The lowest BCUT2D eigenvalue weighted by molar-refractivity contribution is -0.117. The van der Waals surface area contributed by atoms with Crippen molar-refractivity contribution in [2.24, 2.45) is 0 Å². The summed E-state index contributed by atoms with van der Waals surface area (Å²) in [7, 11) is 1.55. The first-order valence-electron chi connectivity index (χ1n) is 5.02. The van der Waals surface area contributed by atoms with Crippen LogP contribution in [0.25, 0.3) is 0 Å². The van der Waals surface area contributed by atoms with Crippen LogP contribution < -0.4 is 10.1 Å². The van der Waals surface area contributed by atoms with Crippen molar-refractivity contribution < 1.29 is 14.3 Å². The Bertz CT molecular complexity index is 496. The van der Waals surface area contributed by atoms with E-state index in [0.29, 0.717) is 22.1 Å². The van der Waals surface area contributed by atoms with Gasteiger partial charge in [-0.05, 0) is 12.1 Å². The second kappa shape index (κ2) is 5.05. The Morgan fingerprint density at radius 3 is 3.00 bits per heavy atom. The normalized spacial score (nSPS) is 17.0. The maximum Gasteiger partial charge on any atom is 0.235 e. The number of methoxy groups -OCH3 is 1. The average molecular weight is 249 g/mol. The van der Waals surface area contributed by atoms with Crippen LogP contribution in [0, 0.1) is 0 Å². The van der Waals surface area contributed by atoms with E-state index >= 15 is 0 Å². The van der Waals surface area contributed by atoms with Crippen LogP contribution in [-0.2, 0) is 4.79 Å². The summed E-state index contributed by atoms with van der Waals surface area (Å²) in [5.41, 5.74) is 0.540. The molecule has 4 nitrogen and oxygen atoms in total. The number of ether oxygens (including phenoxy) is 1. The van der Waals surface area contributed by atoms with E-state index in [-0.39, 0.29) is 11.7 Å². The standard InChI is InChI=1S/C12H11NO3S/c1-16-9-4-2-3-8(5-9)10(14)6-12-13-11(15)7-17-12/h2-6H,7H2,1H3,(H,13,15)/b12-6-. The Labute approximate surface area is 103 Å². The lowest BCUT2D eigenvalue weighted by Gasteiger charge is -2.01. The van der Waals surface area contributed by atoms with Gasteiger partial charge < -0.3 is 10.1 Å². The van der Waals surface area contributed by atoms with Gasteiger partial charge in [0.1, 0.15) is 5.75 Å². The fourth-order valence-corrected chi connectivity index (χ4v) is 2.14. The highest BCUT2D eigenvalue weighted by Gasteiger charge is 2.16. The highest BCUT2D eigenvalue weighted by Crippen LogP contribution is 2.20. The molecule has 1 fully saturated rings. The first kappa shape index (κ1) is 11.7. The van der Waals surface area contributed by atoms with E-state index in [1.54, 1.807) is 31.4 Å². The smallest absolute Gasteiger partial charge is 0.235 e. The van der Waals surface area contributed by atoms with Crippen LogP contribution in [0.15, 0.2) is 35.4 Å². The zero-order valence-electron chi connectivity index (χ0n) is 9.23. The van der Waals surface area contributed by atoms with E-state index in [1.165, 1.54) is 17.8 Å². The summed E-state index contributed by atoms with van der Waals surface area (Å²) in [6.45, 7) is 0. The van der Waals surface area contributed by atoms with Crippen LogP contribution in [0.4, 0.5) is 0 Å². The molecule has 1 amide bonds. The predicted octanol–water partition coefficient (Wildman–Crippen LogP) is 1.58. The van der Waals surface area contributed by atoms with Crippen molar-refractivity contribution in [3.05, 3.63) is 40.9 Å². The molecule has 1 saturated heterocycles. The number of nitrogens with one attached hydrogen (secondary N) is 1. The van der Waals surface area contributed by atoms with Gasteiger partial charge in [0.05, 0.1) is 17.9 Å². The minimum atomic E-state index is -0.145. The quantitative estimate of drug-likeness (QED) is 0.652. The molecule has 0 spiro atoms. The molecule has 17 heavy (non-hydrogen) atoms. The second-order valence-corrected chi connectivity index (χ2v) is 4.46. The van der Waals surface area contributed by atoms with Crippen LogP contribution >= 0.6 is 11.8 Å². The van der Waals surface area contributed by atoms with Crippen LogP contribution in [0.1, 0.15) is 10.4 Å². The summed E-state index contributed by atoms with van der Waals surface area (Å²) < 4.78 is 5.04. The van der Waals surface area contributed by atoms with Crippen molar-refractivity contribution in [3.8, 4) is 5.75 Å². The maximum absolute atomic E-state index is 11.9. The van der Waals surface area contributed by atoms with Gasteiger partial charge in [-0.1, -0.05) is 23.9 Å². The zero-order chi connectivity index (χ0) is 12.3. The van der Waals surface area contributed by atoms with Crippen molar-refractivity contribution in [2.45, 2.75) is 0 Å². The van der Waals surface area contributed by atoms with E-state index in [1.807, 2.05) is 0 Å². The van der Waals surface area contributed by atoms with Gasteiger partial charge in [-0.2, -0.15) is 0 Å². The number of allylic oxidation sites excluding steroid dienone is 1. The molecule has 88 valence electrons. The third kappa shape index (κ3) is 2.88. The van der Waals surface area contributed by atoms with Crippen LogP contribution in [0.2, 0.25) is 0 Å². The van der Waals surface area contributed by atoms with Crippen molar-refractivity contribution in [3.63, 3.8) is 0 Å². The Kier molecular flexibility index (Phi) is 3.49. The number of rotatable bonds is 3. The Hall–Kier alpha value is -1.75. The lowest BCUT2D eigenvalue weighted by atomic mass is 10.1. The monoisotopic (exact) mass is 249 g/mol. The third-order valence-electron chi connectivity index (χ3n) is 2.24.